The van der Waals surface area contributed by atoms with Gasteiger partial charge >= 0.3 is 7.12 Å². The number of benzene rings is 1. The van der Waals surface area contributed by atoms with Crippen LogP contribution in [-0.4, -0.2) is 24.4 Å². The number of hydrogen-bond acceptors (Lipinski definition) is 2. The van der Waals surface area contributed by atoms with Crippen LogP contribution in [0.3, 0.4) is 0 Å². The number of rotatable bonds is 3. The van der Waals surface area contributed by atoms with Crippen LogP contribution < -0.4 is 5.46 Å². The second kappa shape index (κ2) is 4.86. The molecule has 0 saturated heterocycles. The van der Waals surface area contributed by atoms with Crippen LogP contribution in [0.25, 0.3) is 0 Å². The van der Waals surface area contributed by atoms with Gasteiger partial charge in [0.25, 0.3) is 0 Å². The second-order valence-corrected chi connectivity index (χ2v) is 4.89. The smallest absolute Gasteiger partial charge is 0.423 e. The van der Waals surface area contributed by atoms with E-state index < -0.39 is 7.12 Å². The third-order valence-corrected chi connectivity index (χ3v) is 2.20. The van der Waals surface area contributed by atoms with Crippen molar-refractivity contribution in [1.82, 2.24) is 0 Å². The normalized spacial score (nSPS) is 11.3. The van der Waals surface area contributed by atoms with Crippen LogP contribution in [0.15, 0.2) is 24.3 Å². The Balaban J connectivity index is 2.66. The fraction of sp³-hybridized carbons (Fsp3) is 0.455. The predicted octanol–water partition coefficient (Wildman–Crippen LogP) is 0.789. The molecule has 1 rings (SSSR count). The largest absolute Gasteiger partial charge is 0.488 e. The summed E-state index contributed by atoms with van der Waals surface area (Å²) in [6.07, 6.45) is 0.851. The lowest BCUT2D eigenvalue weighted by atomic mass is 9.52. The summed E-state index contributed by atoms with van der Waals surface area (Å²) in [7, 11) is 0.843. The van der Waals surface area contributed by atoms with E-state index in [9.17, 15) is 0 Å². The average Bonchev–Trinajstić information content (AvgIpc) is 2.14. The molecule has 15 heavy (non-hydrogen) atoms. The first-order valence-corrected chi connectivity index (χ1v) is 5.18. The molecule has 0 aliphatic rings. The zero-order chi connectivity index (χ0) is 11.5. The first-order chi connectivity index (χ1) is 6.88. The molecule has 0 unspecified atom stereocenters. The van der Waals surface area contributed by atoms with Crippen LogP contribution in [0.1, 0.15) is 26.3 Å². The van der Waals surface area contributed by atoms with E-state index in [-0.39, 0.29) is 5.31 Å². The Kier molecular flexibility index (Phi) is 4.00. The summed E-state index contributed by atoms with van der Waals surface area (Å²) in [4.78, 5) is 0. The molecule has 0 fully saturated rings. The molecule has 1 aromatic rings. The van der Waals surface area contributed by atoms with Gasteiger partial charge in [0.15, 0.2) is 0 Å². The molecule has 0 bridgehead atoms. The summed E-state index contributed by atoms with van der Waals surface area (Å²) in [6.45, 7) is 6.45. The van der Waals surface area contributed by atoms with E-state index in [0.717, 1.165) is 11.9 Å². The summed E-state index contributed by atoms with van der Waals surface area (Å²) < 4.78 is 0. The van der Waals surface area contributed by atoms with Crippen molar-refractivity contribution in [2.45, 2.75) is 32.4 Å². The van der Waals surface area contributed by atoms with Gasteiger partial charge in [-0.05, 0) is 5.46 Å². The maximum absolute atomic E-state index is 9.02. The Hall–Kier alpha value is -0.730. The molecule has 2 nitrogen and oxygen atoms in total. The molecule has 0 aromatic heterocycles. The van der Waals surface area contributed by atoms with Crippen molar-refractivity contribution in [2.75, 3.05) is 0 Å². The van der Waals surface area contributed by atoms with Crippen LogP contribution in [0.5, 0.6) is 0 Å². The van der Waals surface area contributed by atoms with Crippen molar-refractivity contribution >= 4 is 19.9 Å². The summed E-state index contributed by atoms with van der Waals surface area (Å²) >= 11 is 0. The molecule has 0 amide bonds. The van der Waals surface area contributed by atoms with Crippen LogP contribution in [0.2, 0.25) is 5.31 Å². The van der Waals surface area contributed by atoms with Gasteiger partial charge in [-0.15, -0.1) is 0 Å². The zero-order valence-electron chi connectivity index (χ0n) is 9.57. The molecule has 79 valence electrons. The van der Waals surface area contributed by atoms with E-state index in [1.165, 1.54) is 0 Å². The highest BCUT2D eigenvalue weighted by Crippen LogP contribution is 2.21. The maximum Gasteiger partial charge on any atom is 0.488 e. The van der Waals surface area contributed by atoms with E-state index in [1.54, 1.807) is 6.07 Å². The molecule has 0 spiro atoms. The summed E-state index contributed by atoms with van der Waals surface area (Å²) in [5.41, 5.74) is 1.66. The van der Waals surface area contributed by atoms with Crippen LogP contribution in [0, 0.1) is 0 Å². The lowest BCUT2D eigenvalue weighted by molar-refractivity contribution is 0.425. The highest BCUT2D eigenvalue weighted by molar-refractivity contribution is 6.58. The van der Waals surface area contributed by atoms with Gasteiger partial charge in [0.1, 0.15) is 7.28 Å². The molecule has 0 atom stereocenters. The van der Waals surface area contributed by atoms with Crippen molar-refractivity contribution in [3.63, 3.8) is 0 Å². The highest BCUT2D eigenvalue weighted by Gasteiger charge is 2.14. The minimum atomic E-state index is -1.38. The van der Waals surface area contributed by atoms with E-state index in [0.29, 0.717) is 5.46 Å². The van der Waals surface area contributed by atoms with Gasteiger partial charge in [0.05, 0.1) is 0 Å². The van der Waals surface area contributed by atoms with Crippen molar-refractivity contribution in [1.29, 1.82) is 0 Å². The van der Waals surface area contributed by atoms with Gasteiger partial charge in [0, 0.05) is 0 Å². The van der Waals surface area contributed by atoms with Crippen LogP contribution >= 0.6 is 0 Å². The molecule has 0 aliphatic heterocycles. The second-order valence-electron chi connectivity index (χ2n) is 4.89. The molecule has 2 N–H and O–H groups in total. The standard InChI is InChI=1S/C11H17B2O2/c1-11(2,3)12-8-9-5-4-6-10(7-9)13(14)15/h4-7,14-15H,8H2,1-3H3. The van der Waals surface area contributed by atoms with Gasteiger partial charge in [-0.1, -0.05) is 62.2 Å². The molecular formula is C11H17B2O2. The van der Waals surface area contributed by atoms with E-state index >= 15 is 0 Å². The third kappa shape index (κ3) is 4.54. The number of hydrogen-bond donors (Lipinski definition) is 2. The fourth-order valence-electron chi connectivity index (χ4n) is 1.30. The van der Waals surface area contributed by atoms with E-state index in [4.69, 9.17) is 10.0 Å². The Morgan fingerprint density at radius 1 is 1.27 bits per heavy atom. The third-order valence-electron chi connectivity index (χ3n) is 2.20. The van der Waals surface area contributed by atoms with Gasteiger partial charge in [-0.25, -0.2) is 0 Å². The summed E-state index contributed by atoms with van der Waals surface area (Å²) in [6, 6.07) is 7.38. The molecule has 1 aromatic carbocycles. The summed E-state index contributed by atoms with van der Waals surface area (Å²) in [5.74, 6) is 0. The van der Waals surface area contributed by atoms with Gasteiger partial charge in [0.2, 0.25) is 0 Å². The summed E-state index contributed by atoms with van der Waals surface area (Å²) in [5, 5.41) is 18.2. The minimum Gasteiger partial charge on any atom is -0.423 e. The Labute approximate surface area is 92.7 Å². The van der Waals surface area contributed by atoms with Crippen molar-refractivity contribution < 1.29 is 10.0 Å². The first-order valence-electron chi connectivity index (χ1n) is 5.18. The van der Waals surface area contributed by atoms with Crippen molar-refractivity contribution in [2.24, 2.45) is 0 Å². The topological polar surface area (TPSA) is 40.5 Å². The molecule has 0 saturated carbocycles. The minimum absolute atomic E-state index is 0.188. The monoisotopic (exact) mass is 203 g/mol. The van der Waals surface area contributed by atoms with Crippen molar-refractivity contribution in [3.8, 4) is 0 Å². The molecule has 4 heteroatoms. The SMILES string of the molecule is CC(C)(C)[B]Cc1cccc(B(O)O)c1. The zero-order valence-corrected chi connectivity index (χ0v) is 9.57. The fourth-order valence-corrected chi connectivity index (χ4v) is 1.30. The average molecular weight is 203 g/mol. The predicted molar refractivity (Wildman–Crippen MR) is 65.4 cm³/mol. The first kappa shape index (κ1) is 12.3. The molecule has 0 aliphatic carbocycles. The highest BCUT2D eigenvalue weighted by atomic mass is 16.4. The quantitative estimate of drug-likeness (QED) is 0.712. The van der Waals surface area contributed by atoms with E-state index in [1.807, 2.05) is 18.2 Å². The molecule has 1 radical (unpaired) electrons. The molecular weight excluding hydrogens is 186 g/mol. The Morgan fingerprint density at radius 3 is 2.47 bits per heavy atom. The van der Waals surface area contributed by atoms with Crippen LogP contribution in [-0.2, 0) is 6.32 Å². The van der Waals surface area contributed by atoms with E-state index in [2.05, 4.69) is 28.1 Å². The molecule has 0 heterocycles. The Morgan fingerprint density at radius 2 is 1.93 bits per heavy atom. The van der Waals surface area contributed by atoms with Gasteiger partial charge in [-0.3, -0.25) is 0 Å². The Bertz CT molecular complexity index is 319. The van der Waals surface area contributed by atoms with Gasteiger partial charge in [-0.2, -0.15) is 0 Å². The van der Waals surface area contributed by atoms with Crippen LogP contribution in [0.4, 0.5) is 0 Å². The lowest BCUT2D eigenvalue weighted by Crippen LogP contribution is -2.30. The van der Waals surface area contributed by atoms with Crippen molar-refractivity contribution in [3.05, 3.63) is 29.8 Å². The lowest BCUT2D eigenvalue weighted by Gasteiger charge is -2.16. The van der Waals surface area contributed by atoms with Gasteiger partial charge < -0.3 is 10.0 Å². The maximum atomic E-state index is 9.02.